The van der Waals surface area contributed by atoms with Crippen LogP contribution in [0.25, 0.3) is 0 Å². The van der Waals surface area contributed by atoms with E-state index < -0.39 is 0 Å². The maximum Gasteiger partial charge on any atom is 0.293 e. The molecule has 1 N–H and O–H groups in total. The van der Waals surface area contributed by atoms with Gasteiger partial charge in [0.1, 0.15) is 0 Å². The quantitative estimate of drug-likeness (QED) is 0.889. The number of hydrogen-bond acceptors (Lipinski definition) is 4. The minimum absolute atomic E-state index is 0.00565. The summed E-state index contributed by atoms with van der Waals surface area (Å²) in [7, 11) is 0. The standard InChI is InChI=1S/C13H21N3OS/c1-3-8-16-9-7-14-12(13(16)17)15-10-5-4-6-11(10)18-2/h7,9-11H,3-6,8H2,1-2H3,(H,14,15). The van der Waals surface area contributed by atoms with Crippen molar-refractivity contribution in [2.45, 2.75) is 50.4 Å². The molecule has 2 rings (SSSR count). The Kier molecular flexibility index (Phi) is 4.69. The van der Waals surface area contributed by atoms with Crippen LogP contribution in [0.4, 0.5) is 5.82 Å². The first-order valence-electron chi connectivity index (χ1n) is 6.61. The van der Waals surface area contributed by atoms with E-state index in [9.17, 15) is 4.79 Å². The highest BCUT2D eigenvalue weighted by atomic mass is 32.2. The Morgan fingerprint density at radius 1 is 1.56 bits per heavy atom. The zero-order chi connectivity index (χ0) is 13.0. The van der Waals surface area contributed by atoms with Crippen LogP contribution < -0.4 is 10.9 Å². The molecule has 0 saturated heterocycles. The molecule has 1 aliphatic rings. The minimum atomic E-state index is 0.00565. The van der Waals surface area contributed by atoms with Crippen molar-refractivity contribution in [3.8, 4) is 0 Å². The molecule has 0 radical (unpaired) electrons. The molecule has 0 aromatic carbocycles. The van der Waals surface area contributed by atoms with Gasteiger partial charge in [-0.25, -0.2) is 4.98 Å². The van der Waals surface area contributed by atoms with Gasteiger partial charge in [0.2, 0.25) is 0 Å². The Hall–Kier alpha value is -0.970. The summed E-state index contributed by atoms with van der Waals surface area (Å²) in [6.45, 7) is 2.83. The lowest BCUT2D eigenvalue weighted by atomic mass is 10.2. The summed E-state index contributed by atoms with van der Waals surface area (Å²) in [5.74, 6) is 0.511. The van der Waals surface area contributed by atoms with Gasteiger partial charge in [0.25, 0.3) is 5.56 Å². The van der Waals surface area contributed by atoms with Gasteiger partial charge in [-0.3, -0.25) is 4.79 Å². The SMILES string of the molecule is CCCn1ccnc(NC2CCCC2SC)c1=O. The summed E-state index contributed by atoms with van der Waals surface area (Å²) in [6, 6.07) is 0.387. The third-order valence-electron chi connectivity index (χ3n) is 3.46. The molecule has 2 atom stereocenters. The Morgan fingerprint density at radius 2 is 2.39 bits per heavy atom. The summed E-state index contributed by atoms with van der Waals surface area (Å²) >= 11 is 1.88. The third kappa shape index (κ3) is 2.88. The minimum Gasteiger partial charge on any atom is -0.362 e. The van der Waals surface area contributed by atoms with Gasteiger partial charge in [0.15, 0.2) is 5.82 Å². The van der Waals surface area contributed by atoms with Crippen molar-refractivity contribution in [1.29, 1.82) is 0 Å². The molecule has 4 nitrogen and oxygen atoms in total. The van der Waals surface area contributed by atoms with E-state index in [1.165, 1.54) is 12.8 Å². The highest BCUT2D eigenvalue weighted by Crippen LogP contribution is 2.29. The first-order valence-corrected chi connectivity index (χ1v) is 7.89. The lowest BCUT2D eigenvalue weighted by Crippen LogP contribution is -2.32. The monoisotopic (exact) mass is 267 g/mol. The molecule has 100 valence electrons. The van der Waals surface area contributed by atoms with Crippen LogP contribution >= 0.6 is 11.8 Å². The Bertz CT molecular complexity index is 446. The number of aryl methyl sites for hydroxylation is 1. The average molecular weight is 267 g/mol. The van der Waals surface area contributed by atoms with Crippen molar-refractivity contribution in [2.24, 2.45) is 0 Å². The van der Waals surface area contributed by atoms with Gasteiger partial charge in [-0.15, -0.1) is 0 Å². The zero-order valence-electron chi connectivity index (χ0n) is 11.1. The molecule has 18 heavy (non-hydrogen) atoms. The van der Waals surface area contributed by atoms with Crippen molar-refractivity contribution in [3.63, 3.8) is 0 Å². The number of aromatic nitrogens is 2. The van der Waals surface area contributed by atoms with Crippen LogP contribution in [0.3, 0.4) is 0 Å². The van der Waals surface area contributed by atoms with Crippen LogP contribution in [0.15, 0.2) is 17.2 Å². The summed E-state index contributed by atoms with van der Waals surface area (Å²) in [5.41, 5.74) is 0.00565. The third-order valence-corrected chi connectivity index (χ3v) is 4.63. The van der Waals surface area contributed by atoms with Gasteiger partial charge < -0.3 is 9.88 Å². The fraction of sp³-hybridized carbons (Fsp3) is 0.692. The van der Waals surface area contributed by atoms with Gasteiger partial charge in [0, 0.05) is 30.2 Å². The fourth-order valence-corrected chi connectivity index (χ4v) is 3.45. The van der Waals surface area contributed by atoms with Crippen molar-refractivity contribution in [3.05, 3.63) is 22.7 Å². The van der Waals surface area contributed by atoms with E-state index in [0.717, 1.165) is 19.4 Å². The van der Waals surface area contributed by atoms with Gasteiger partial charge in [-0.2, -0.15) is 11.8 Å². The molecule has 0 spiro atoms. The normalized spacial score (nSPS) is 23.2. The van der Waals surface area contributed by atoms with Crippen LogP contribution in [0, 0.1) is 0 Å². The predicted octanol–water partition coefficient (Wildman–Crippen LogP) is 2.35. The number of thioether (sulfide) groups is 1. The van der Waals surface area contributed by atoms with Crippen molar-refractivity contribution in [1.82, 2.24) is 9.55 Å². The topological polar surface area (TPSA) is 46.9 Å². The van der Waals surface area contributed by atoms with Gasteiger partial charge in [-0.1, -0.05) is 13.3 Å². The number of rotatable bonds is 5. The molecule has 0 amide bonds. The maximum atomic E-state index is 12.2. The van der Waals surface area contributed by atoms with Crippen molar-refractivity contribution >= 4 is 17.6 Å². The highest BCUT2D eigenvalue weighted by molar-refractivity contribution is 7.99. The smallest absolute Gasteiger partial charge is 0.293 e. The van der Waals surface area contributed by atoms with E-state index >= 15 is 0 Å². The first kappa shape index (κ1) is 13.5. The number of nitrogens with zero attached hydrogens (tertiary/aromatic N) is 2. The molecule has 1 saturated carbocycles. The highest BCUT2D eigenvalue weighted by Gasteiger charge is 2.27. The maximum absolute atomic E-state index is 12.2. The Morgan fingerprint density at radius 3 is 3.11 bits per heavy atom. The van der Waals surface area contributed by atoms with Gasteiger partial charge in [-0.05, 0) is 25.5 Å². The molecule has 1 aromatic heterocycles. The van der Waals surface area contributed by atoms with Gasteiger partial charge in [0.05, 0.1) is 0 Å². The van der Waals surface area contributed by atoms with E-state index in [1.54, 1.807) is 17.0 Å². The van der Waals surface area contributed by atoms with E-state index in [2.05, 4.69) is 23.5 Å². The predicted molar refractivity (Wildman–Crippen MR) is 77.4 cm³/mol. The van der Waals surface area contributed by atoms with E-state index in [1.807, 2.05) is 11.8 Å². The summed E-state index contributed by atoms with van der Waals surface area (Å²) in [6.07, 6.45) is 10.2. The molecular formula is C13H21N3OS. The largest absolute Gasteiger partial charge is 0.362 e. The van der Waals surface area contributed by atoms with Crippen molar-refractivity contribution in [2.75, 3.05) is 11.6 Å². The van der Waals surface area contributed by atoms with Crippen LogP contribution in [-0.4, -0.2) is 27.1 Å². The second-order valence-electron chi connectivity index (χ2n) is 4.73. The fourth-order valence-electron chi connectivity index (χ4n) is 2.51. The molecule has 1 aliphatic carbocycles. The second-order valence-corrected chi connectivity index (χ2v) is 5.81. The van der Waals surface area contributed by atoms with Crippen LogP contribution in [-0.2, 0) is 6.54 Å². The summed E-state index contributed by atoms with van der Waals surface area (Å²) < 4.78 is 1.73. The Labute approximate surface area is 112 Å². The zero-order valence-corrected chi connectivity index (χ0v) is 11.9. The van der Waals surface area contributed by atoms with Crippen LogP contribution in [0.2, 0.25) is 0 Å². The summed E-state index contributed by atoms with van der Waals surface area (Å²) in [4.78, 5) is 16.4. The molecule has 1 fully saturated rings. The number of nitrogens with one attached hydrogen (secondary N) is 1. The van der Waals surface area contributed by atoms with Crippen molar-refractivity contribution < 1.29 is 0 Å². The molecule has 0 bridgehead atoms. The average Bonchev–Trinajstić information content (AvgIpc) is 2.82. The number of anilines is 1. The first-order chi connectivity index (χ1) is 8.76. The number of hydrogen-bond donors (Lipinski definition) is 1. The lowest BCUT2D eigenvalue weighted by Gasteiger charge is -2.19. The van der Waals surface area contributed by atoms with Gasteiger partial charge >= 0.3 is 0 Å². The molecular weight excluding hydrogens is 246 g/mol. The van der Waals surface area contributed by atoms with Crippen LogP contribution in [0.1, 0.15) is 32.6 Å². The Balaban J connectivity index is 2.14. The molecule has 1 aromatic rings. The lowest BCUT2D eigenvalue weighted by molar-refractivity contribution is 0.646. The van der Waals surface area contributed by atoms with E-state index in [-0.39, 0.29) is 5.56 Å². The molecule has 5 heteroatoms. The second kappa shape index (κ2) is 6.27. The molecule has 1 heterocycles. The molecule has 0 aliphatic heterocycles. The van der Waals surface area contributed by atoms with Crippen LogP contribution in [0.5, 0.6) is 0 Å². The van der Waals surface area contributed by atoms with E-state index in [4.69, 9.17) is 0 Å². The summed E-state index contributed by atoms with van der Waals surface area (Å²) in [5, 5.41) is 3.95. The molecule has 2 unspecified atom stereocenters. The van der Waals surface area contributed by atoms with E-state index in [0.29, 0.717) is 17.1 Å².